The third kappa shape index (κ3) is 3.00. The lowest BCUT2D eigenvalue weighted by molar-refractivity contribution is 0.752. The summed E-state index contributed by atoms with van der Waals surface area (Å²) >= 11 is 5.91. The van der Waals surface area contributed by atoms with E-state index < -0.39 is 0 Å². The van der Waals surface area contributed by atoms with Crippen LogP contribution in [0.2, 0.25) is 5.02 Å². The number of aryl methyl sites for hydroxylation is 1. The van der Waals surface area contributed by atoms with Gasteiger partial charge in [0.25, 0.3) is 0 Å². The zero-order valence-electron chi connectivity index (χ0n) is 11.8. The molecule has 4 nitrogen and oxygen atoms in total. The van der Waals surface area contributed by atoms with Crippen LogP contribution in [0, 0.1) is 11.3 Å². The van der Waals surface area contributed by atoms with Crippen LogP contribution in [-0.2, 0) is 12.8 Å². The molecule has 108 valence electrons. The summed E-state index contributed by atoms with van der Waals surface area (Å²) < 4.78 is 1.71. The van der Waals surface area contributed by atoms with Crippen molar-refractivity contribution in [2.75, 3.05) is 0 Å². The van der Waals surface area contributed by atoms with E-state index >= 15 is 0 Å². The van der Waals surface area contributed by atoms with Crippen molar-refractivity contribution in [3.8, 4) is 11.8 Å². The molecule has 0 saturated heterocycles. The van der Waals surface area contributed by atoms with E-state index in [4.69, 9.17) is 11.6 Å². The second-order valence-corrected chi connectivity index (χ2v) is 5.31. The molecule has 3 aromatic rings. The van der Waals surface area contributed by atoms with Crippen LogP contribution in [0.1, 0.15) is 17.0 Å². The van der Waals surface area contributed by atoms with Gasteiger partial charge in [0.15, 0.2) is 5.69 Å². The first kappa shape index (κ1) is 14.3. The van der Waals surface area contributed by atoms with Crippen molar-refractivity contribution in [3.05, 3.63) is 76.6 Å². The Balaban J connectivity index is 1.91. The summed E-state index contributed by atoms with van der Waals surface area (Å²) in [7, 11) is 0. The minimum absolute atomic E-state index is 0.367. The smallest absolute Gasteiger partial charge is 0.186 e. The van der Waals surface area contributed by atoms with Gasteiger partial charge in [-0.1, -0.05) is 47.1 Å². The standard InChI is InChI=1S/C17H13ClN4/c18-14-7-9-15(10-8-14)22-17(16(12-19)20-21-22)11-6-13-4-2-1-3-5-13/h1-5,7-10H,6,11H2. The highest BCUT2D eigenvalue weighted by Gasteiger charge is 2.14. The van der Waals surface area contributed by atoms with Crippen LogP contribution >= 0.6 is 11.6 Å². The van der Waals surface area contributed by atoms with Gasteiger partial charge < -0.3 is 0 Å². The minimum Gasteiger partial charge on any atom is -0.216 e. The Hall–Kier alpha value is -2.64. The van der Waals surface area contributed by atoms with E-state index in [1.54, 1.807) is 16.8 Å². The van der Waals surface area contributed by atoms with E-state index in [0.717, 1.165) is 17.8 Å². The quantitative estimate of drug-likeness (QED) is 0.740. The van der Waals surface area contributed by atoms with Crippen molar-refractivity contribution in [3.63, 3.8) is 0 Å². The molecule has 0 radical (unpaired) electrons. The van der Waals surface area contributed by atoms with Crippen LogP contribution in [0.4, 0.5) is 0 Å². The molecule has 3 rings (SSSR count). The van der Waals surface area contributed by atoms with Gasteiger partial charge in [-0.15, -0.1) is 5.10 Å². The lowest BCUT2D eigenvalue weighted by Gasteiger charge is -2.07. The molecule has 0 fully saturated rings. The van der Waals surface area contributed by atoms with Gasteiger partial charge in [-0.05, 0) is 42.7 Å². The number of nitriles is 1. The Morgan fingerprint density at radius 3 is 2.41 bits per heavy atom. The molecule has 0 saturated carbocycles. The van der Waals surface area contributed by atoms with Gasteiger partial charge in [0.05, 0.1) is 11.4 Å². The predicted octanol–water partition coefficient (Wildman–Crippen LogP) is 3.58. The maximum atomic E-state index is 9.23. The van der Waals surface area contributed by atoms with E-state index in [1.165, 1.54) is 5.56 Å². The van der Waals surface area contributed by atoms with Gasteiger partial charge in [0.2, 0.25) is 0 Å². The first-order chi connectivity index (χ1) is 10.8. The molecule has 1 heterocycles. The molecule has 0 bridgehead atoms. The number of rotatable bonds is 4. The highest BCUT2D eigenvalue weighted by Crippen LogP contribution is 2.17. The summed E-state index contributed by atoms with van der Waals surface area (Å²) in [6.07, 6.45) is 1.53. The van der Waals surface area contributed by atoms with E-state index in [9.17, 15) is 5.26 Å². The van der Waals surface area contributed by atoms with E-state index in [0.29, 0.717) is 17.1 Å². The van der Waals surface area contributed by atoms with Gasteiger partial charge in [-0.25, -0.2) is 4.68 Å². The maximum Gasteiger partial charge on any atom is 0.186 e. The number of benzene rings is 2. The first-order valence-electron chi connectivity index (χ1n) is 6.92. The summed E-state index contributed by atoms with van der Waals surface area (Å²) in [5.41, 5.74) is 3.25. The lowest BCUT2D eigenvalue weighted by atomic mass is 10.1. The average Bonchev–Trinajstić information content (AvgIpc) is 2.97. The topological polar surface area (TPSA) is 54.5 Å². The molecule has 0 N–H and O–H groups in total. The first-order valence-corrected chi connectivity index (χ1v) is 7.30. The highest BCUT2D eigenvalue weighted by molar-refractivity contribution is 6.30. The number of hydrogen-bond acceptors (Lipinski definition) is 3. The predicted molar refractivity (Wildman–Crippen MR) is 84.9 cm³/mol. The fraction of sp³-hybridized carbons (Fsp3) is 0.118. The van der Waals surface area contributed by atoms with Crippen LogP contribution in [0.25, 0.3) is 5.69 Å². The van der Waals surface area contributed by atoms with Crippen molar-refractivity contribution in [2.24, 2.45) is 0 Å². The molecule has 0 atom stereocenters. The van der Waals surface area contributed by atoms with Crippen molar-refractivity contribution >= 4 is 11.6 Å². The molecular formula is C17H13ClN4. The monoisotopic (exact) mass is 308 g/mol. The Morgan fingerprint density at radius 2 is 1.73 bits per heavy atom. The second kappa shape index (κ2) is 6.42. The summed E-state index contributed by atoms with van der Waals surface area (Å²) in [4.78, 5) is 0. The van der Waals surface area contributed by atoms with Crippen LogP contribution in [0.5, 0.6) is 0 Å². The van der Waals surface area contributed by atoms with Gasteiger partial charge >= 0.3 is 0 Å². The summed E-state index contributed by atoms with van der Waals surface area (Å²) in [5.74, 6) is 0. The zero-order chi connectivity index (χ0) is 15.4. The molecule has 2 aromatic carbocycles. The highest BCUT2D eigenvalue weighted by atomic mass is 35.5. The maximum absolute atomic E-state index is 9.23. The third-order valence-electron chi connectivity index (χ3n) is 3.43. The van der Waals surface area contributed by atoms with Crippen molar-refractivity contribution in [1.29, 1.82) is 5.26 Å². The molecule has 22 heavy (non-hydrogen) atoms. The van der Waals surface area contributed by atoms with Gasteiger partial charge in [0.1, 0.15) is 6.07 Å². The summed E-state index contributed by atoms with van der Waals surface area (Å²) in [5, 5.41) is 18.0. The Kier molecular flexibility index (Phi) is 4.17. The molecule has 5 heteroatoms. The number of aromatic nitrogens is 3. The summed E-state index contributed by atoms with van der Waals surface area (Å²) in [6, 6.07) is 19.6. The van der Waals surface area contributed by atoms with Crippen molar-refractivity contribution in [1.82, 2.24) is 15.0 Å². The van der Waals surface area contributed by atoms with Crippen molar-refractivity contribution in [2.45, 2.75) is 12.8 Å². The second-order valence-electron chi connectivity index (χ2n) is 4.87. The van der Waals surface area contributed by atoms with Crippen molar-refractivity contribution < 1.29 is 0 Å². The number of halogens is 1. The molecule has 0 amide bonds. The average molecular weight is 309 g/mol. The normalized spacial score (nSPS) is 10.4. The third-order valence-corrected chi connectivity index (χ3v) is 3.69. The Morgan fingerprint density at radius 1 is 1.00 bits per heavy atom. The Labute approximate surface area is 133 Å². The molecule has 1 aromatic heterocycles. The van der Waals surface area contributed by atoms with Gasteiger partial charge in [0, 0.05) is 5.02 Å². The largest absolute Gasteiger partial charge is 0.216 e. The number of nitrogens with zero attached hydrogens (tertiary/aromatic N) is 4. The zero-order valence-corrected chi connectivity index (χ0v) is 12.5. The molecule has 0 aliphatic carbocycles. The van der Waals surface area contributed by atoms with Gasteiger partial charge in [-0.3, -0.25) is 0 Å². The fourth-order valence-electron chi connectivity index (χ4n) is 2.31. The van der Waals surface area contributed by atoms with Crippen LogP contribution < -0.4 is 0 Å². The number of hydrogen-bond donors (Lipinski definition) is 0. The minimum atomic E-state index is 0.367. The Bertz CT molecular complexity index is 801. The molecule has 0 aliphatic heterocycles. The van der Waals surface area contributed by atoms with E-state index in [1.807, 2.05) is 30.3 Å². The molecule has 0 aliphatic rings. The van der Waals surface area contributed by atoms with E-state index in [2.05, 4.69) is 28.5 Å². The van der Waals surface area contributed by atoms with E-state index in [-0.39, 0.29) is 0 Å². The lowest BCUT2D eigenvalue weighted by Crippen LogP contribution is -2.05. The van der Waals surface area contributed by atoms with Crippen LogP contribution in [0.15, 0.2) is 54.6 Å². The molecule has 0 unspecified atom stereocenters. The van der Waals surface area contributed by atoms with Gasteiger partial charge in [-0.2, -0.15) is 5.26 Å². The SMILES string of the molecule is N#Cc1nnn(-c2ccc(Cl)cc2)c1CCc1ccccc1. The summed E-state index contributed by atoms with van der Waals surface area (Å²) in [6.45, 7) is 0. The van der Waals surface area contributed by atoms with Crippen LogP contribution in [0.3, 0.4) is 0 Å². The molecular weight excluding hydrogens is 296 g/mol. The van der Waals surface area contributed by atoms with Crippen LogP contribution in [-0.4, -0.2) is 15.0 Å². The fourth-order valence-corrected chi connectivity index (χ4v) is 2.44. The molecule has 0 spiro atoms.